The van der Waals surface area contributed by atoms with E-state index in [4.69, 9.17) is 0 Å². The van der Waals surface area contributed by atoms with Gasteiger partial charge < -0.3 is 4.90 Å². The summed E-state index contributed by atoms with van der Waals surface area (Å²) in [5, 5.41) is 2.95. The Balaban J connectivity index is 1.79. The molecule has 0 aromatic rings. The Bertz CT molecular complexity index is 184. The van der Waals surface area contributed by atoms with Crippen molar-refractivity contribution in [3.8, 4) is 0 Å². The monoisotopic (exact) mass is 182 g/mol. The fourth-order valence-electron chi connectivity index (χ4n) is 2.80. The van der Waals surface area contributed by atoms with Gasteiger partial charge >= 0.3 is 0 Å². The number of hydrogen-bond donors (Lipinski definition) is 0. The van der Waals surface area contributed by atoms with E-state index in [1.807, 2.05) is 0 Å². The van der Waals surface area contributed by atoms with Crippen molar-refractivity contribution < 1.29 is 0 Å². The van der Waals surface area contributed by atoms with Gasteiger partial charge in [-0.25, -0.2) is 0 Å². The van der Waals surface area contributed by atoms with Gasteiger partial charge in [-0.2, -0.15) is 4.91 Å². The van der Waals surface area contributed by atoms with E-state index in [2.05, 4.69) is 10.1 Å². The second kappa shape index (κ2) is 4.18. The summed E-state index contributed by atoms with van der Waals surface area (Å²) in [4.78, 5) is 12.6. The molecule has 3 heteroatoms. The molecule has 2 saturated heterocycles. The normalized spacial score (nSPS) is 34.5. The lowest BCUT2D eigenvalue weighted by molar-refractivity contribution is 0.149. The fourth-order valence-corrected chi connectivity index (χ4v) is 2.80. The Morgan fingerprint density at radius 2 is 2.23 bits per heavy atom. The molecule has 0 radical (unpaired) electrons. The van der Waals surface area contributed by atoms with Crippen LogP contribution in [-0.4, -0.2) is 30.6 Å². The van der Waals surface area contributed by atoms with Crippen molar-refractivity contribution in [1.29, 1.82) is 0 Å². The first-order chi connectivity index (χ1) is 6.40. The first-order valence-corrected chi connectivity index (χ1v) is 5.43. The van der Waals surface area contributed by atoms with Crippen molar-refractivity contribution in [2.24, 2.45) is 11.1 Å². The molecular formula is C10H18N2O. The summed E-state index contributed by atoms with van der Waals surface area (Å²) in [5.74, 6) is 0.775. The Morgan fingerprint density at radius 1 is 1.31 bits per heavy atom. The predicted molar refractivity (Wildman–Crippen MR) is 52.6 cm³/mol. The van der Waals surface area contributed by atoms with Gasteiger partial charge in [0.2, 0.25) is 0 Å². The standard InChI is InChI=1S/C10H18N2O/c13-11-5-3-9-4-7-12-6-1-2-10(12)8-9/h9-10H,1-8H2. The highest BCUT2D eigenvalue weighted by Crippen LogP contribution is 2.31. The molecule has 0 bridgehead atoms. The predicted octanol–water partition coefficient (Wildman–Crippen LogP) is 2.02. The molecule has 74 valence electrons. The van der Waals surface area contributed by atoms with Gasteiger partial charge in [0.05, 0.1) is 6.54 Å². The van der Waals surface area contributed by atoms with Crippen molar-refractivity contribution in [1.82, 2.24) is 4.90 Å². The van der Waals surface area contributed by atoms with Crippen LogP contribution in [0.5, 0.6) is 0 Å². The molecule has 0 aliphatic carbocycles. The van der Waals surface area contributed by atoms with E-state index in [9.17, 15) is 4.91 Å². The molecule has 0 aromatic heterocycles. The lowest BCUT2D eigenvalue weighted by Gasteiger charge is -2.34. The quantitative estimate of drug-likeness (QED) is 0.625. The minimum atomic E-state index is 0.525. The van der Waals surface area contributed by atoms with E-state index in [0.29, 0.717) is 6.54 Å². The van der Waals surface area contributed by atoms with Gasteiger partial charge in [0.15, 0.2) is 0 Å². The molecule has 0 aromatic carbocycles. The van der Waals surface area contributed by atoms with E-state index in [1.165, 1.54) is 38.8 Å². The molecular weight excluding hydrogens is 164 g/mol. The average molecular weight is 182 g/mol. The second-order valence-corrected chi connectivity index (χ2v) is 4.36. The van der Waals surface area contributed by atoms with Gasteiger partial charge in [0.1, 0.15) is 0 Å². The second-order valence-electron chi connectivity index (χ2n) is 4.36. The summed E-state index contributed by atoms with van der Waals surface area (Å²) in [7, 11) is 0. The molecule has 2 aliphatic heterocycles. The molecule has 2 atom stereocenters. The molecule has 2 unspecified atom stereocenters. The van der Waals surface area contributed by atoms with Crippen LogP contribution < -0.4 is 0 Å². The molecule has 0 N–H and O–H groups in total. The van der Waals surface area contributed by atoms with Crippen molar-refractivity contribution in [3.63, 3.8) is 0 Å². The molecule has 0 amide bonds. The summed E-state index contributed by atoms with van der Waals surface area (Å²) in [6.45, 7) is 3.09. The number of piperidine rings is 1. The van der Waals surface area contributed by atoms with Crippen LogP contribution in [0.25, 0.3) is 0 Å². The maximum absolute atomic E-state index is 10.0. The fraction of sp³-hybridized carbons (Fsp3) is 1.00. The molecule has 2 rings (SSSR count). The Hall–Kier alpha value is -0.440. The highest BCUT2D eigenvalue weighted by molar-refractivity contribution is 4.86. The Morgan fingerprint density at radius 3 is 3.08 bits per heavy atom. The molecule has 3 nitrogen and oxygen atoms in total. The van der Waals surface area contributed by atoms with Crippen molar-refractivity contribution in [2.75, 3.05) is 19.6 Å². The van der Waals surface area contributed by atoms with Gasteiger partial charge in [0.25, 0.3) is 0 Å². The maximum atomic E-state index is 10.0. The number of nitroso groups, excluding NO2 is 1. The highest BCUT2D eigenvalue weighted by Gasteiger charge is 2.31. The van der Waals surface area contributed by atoms with Crippen LogP contribution in [0.15, 0.2) is 5.18 Å². The lowest BCUT2D eigenvalue weighted by Crippen LogP contribution is -2.38. The zero-order valence-electron chi connectivity index (χ0n) is 8.11. The number of hydrogen-bond acceptors (Lipinski definition) is 3. The zero-order chi connectivity index (χ0) is 9.10. The third-order valence-corrected chi connectivity index (χ3v) is 3.56. The molecule has 2 fully saturated rings. The number of rotatable bonds is 3. The van der Waals surface area contributed by atoms with Gasteiger partial charge in [-0.05, 0) is 51.1 Å². The topological polar surface area (TPSA) is 32.7 Å². The first kappa shape index (κ1) is 9.13. The van der Waals surface area contributed by atoms with Crippen LogP contribution in [0.2, 0.25) is 0 Å². The number of nitrogens with zero attached hydrogens (tertiary/aromatic N) is 2. The molecule has 13 heavy (non-hydrogen) atoms. The van der Waals surface area contributed by atoms with Gasteiger partial charge in [0, 0.05) is 6.04 Å². The van der Waals surface area contributed by atoms with Crippen LogP contribution >= 0.6 is 0 Å². The van der Waals surface area contributed by atoms with E-state index >= 15 is 0 Å². The van der Waals surface area contributed by atoms with Crippen molar-refractivity contribution in [3.05, 3.63) is 4.91 Å². The molecule has 2 heterocycles. The summed E-state index contributed by atoms with van der Waals surface area (Å²) < 4.78 is 0. The minimum Gasteiger partial charge on any atom is -0.300 e. The summed E-state index contributed by atoms with van der Waals surface area (Å²) >= 11 is 0. The Labute approximate surface area is 79.5 Å². The Kier molecular flexibility index (Phi) is 2.94. The molecule has 2 aliphatic rings. The van der Waals surface area contributed by atoms with E-state index in [-0.39, 0.29) is 0 Å². The summed E-state index contributed by atoms with van der Waals surface area (Å²) in [5.41, 5.74) is 0. The number of fused-ring (bicyclic) bond motifs is 1. The first-order valence-electron chi connectivity index (χ1n) is 5.43. The van der Waals surface area contributed by atoms with Crippen molar-refractivity contribution in [2.45, 2.75) is 38.1 Å². The van der Waals surface area contributed by atoms with Gasteiger partial charge in [-0.3, -0.25) is 0 Å². The molecule has 0 spiro atoms. The van der Waals surface area contributed by atoms with Crippen LogP contribution in [0, 0.1) is 10.8 Å². The average Bonchev–Trinajstić information content (AvgIpc) is 2.61. The smallest absolute Gasteiger partial charge is 0.0813 e. The third-order valence-electron chi connectivity index (χ3n) is 3.56. The van der Waals surface area contributed by atoms with Gasteiger partial charge in [-0.15, -0.1) is 0 Å². The van der Waals surface area contributed by atoms with Crippen molar-refractivity contribution >= 4 is 0 Å². The summed E-state index contributed by atoms with van der Waals surface area (Å²) in [6.07, 6.45) is 6.38. The maximum Gasteiger partial charge on any atom is 0.0813 e. The summed E-state index contributed by atoms with van der Waals surface area (Å²) in [6, 6.07) is 0.838. The highest BCUT2D eigenvalue weighted by atomic mass is 16.3. The van der Waals surface area contributed by atoms with Crippen LogP contribution in [0.3, 0.4) is 0 Å². The third kappa shape index (κ3) is 2.08. The van der Waals surface area contributed by atoms with E-state index < -0.39 is 0 Å². The molecule has 0 saturated carbocycles. The van der Waals surface area contributed by atoms with E-state index in [0.717, 1.165) is 18.4 Å². The minimum absolute atomic E-state index is 0.525. The van der Waals surface area contributed by atoms with Gasteiger partial charge in [-0.1, -0.05) is 5.18 Å². The zero-order valence-corrected chi connectivity index (χ0v) is 8.11. The van der Waals surface area contributed by atoms with Crippen LogP contribution in [0.1, 0.15) is 32.1 Å². The van der Waals surface area contributed by atoms with Crippen LogP contribution in [0.4, 0.5) is 0 Å². The SMILES string of the molecule is O=NCCC1CCN2CCCC2C1. The van der Waals surface area contributed by atoms with E-state index in [1.54, 1.807) is 0 Å². The largest absolute Gasteiger partial charge is 0.300 e. The van der Waals surface area contributed by atoms with Crippen LogP contribution in [-0.2, 0) is 0 Å². The lowest BCUT2D eigenvalue weighted by atomic mass is 9.89.